The van der Waals surface area contributed by atoms with E-state index in [9.17, 15) is 5.11 Å². The van der Waals surface area contributed by atoms with Gasteiger partial charge in [-0.05, 0) is 31.6 Å². The maximum atomic E-state index is 9.98. The largest absolute Gasteiger partial charge is 0.389 e. The molecule has 0 bridgehead atoms. The van der Waals surface area contributed by atoms with E-state index >= 15 is 0 Å². The second-order valence-corrected chi connectivity index (χ2v) is 4.63. The van der Waals surface area contributed by atoms with Crippen molar-refractivity contribution in [3.63, 3.8) is 0 Å². The van der Waals surface area contributed by atoms with Crippen molar-refractivity contribution < 1.29 is 9.84 Å². The molecule has 0 aliphatic heterocycles. The van der Waals surface area contributed by atoms with Crippen molar-refractivity contribution in [3.8, 4) is 0 Å². The van der Waals surface area contributed by atoms with Crippen LogP contribution in [0.1, 0.15) is 39.5 Å². The fourth-order valence-electron chi connectivity index (χ4n) is 1.50. The molecule has 0 aromatic heterocycles. The van der Waals surface area contributed by atoms with E-state index in [2.05, 4.69) is 5.32 Å². The summed E-state index contributed by atoms with van der Waals surface area (Å²) in [7, 11) is 0. The molecule has 1 fully saturated rings. The van der Waals surface area contributed by atoms with E-state index in [1.165, 1.54) is 12.8 Å². The Kier molecular flexibility index (Phi) is 5.58. The van der Waals surface area contributed by atoms with Gasteiger partial charge >= 0.3 is 0 Å². The third-order valence-corrected chi connectivity index (χ3v) is 3.24. The standard InChI is InChI=1S/C12H25NO2/c1-3-12(14,4-2)10-13-7-8-15-9-11-5-6-11/h11,13-14H,3-10H2,1-2H3. The topological polar surface area (TPSA) is 41.5 Å². The number of hydrogen-bond donors (Lipinski definition) is 2. The molecular weight excluding hydrogens is 190 g/mol. The van der Waals surface area contributed by atoms with Crippen molar-refractivity contribution in [2.75, 3.05) is 26.3 Å². The Morgan fingerprint density at radius 3 is 2.53 bits per heavy atom. The number of nitrogens with one attached hydrogen (secondary N) is 1. The van der Waals surface area contributed by atoms with Gasteiger partial charge in [-0.2, -0.15) is 0 Å². The lowest BCUT2D eigenvalue weighted by Gasteiger charge is -2.25. The zero-order valence-electron chi connectivity index (χ0n) is 10.1. The van der Waals surface area contributed by atoms with E-state index in [4.69, 9.17) is 4.74 Å². The van der Waals surface area contributed by atoms with Gasteiger partial charge in [0.2, 0.25) is 0 Å². The first-order valence-corrected chi connectivity index (χ1v) is 6.21. The highest BCUT2D eigenvalue weighted by Gasteiger charge is 2.22. The van der Waals surface area contributed by atoms with E-state index in [0.29, 0.717) is 6.54 Å². The van der Waals surface area contributed by atoms with Crippen LogP contribution in [0.25, 0.3) is 0 Å². The maximum Gasteiger partial charge on any atom is 0.0766 e. The second-order valence-electron chi connectivity index (χ2n) is 4.63. The second kappa shape index (κ2) is 6.46. The summed E-state index contributed by atoms with van der Waals surface area (Å²) >= 11 is 0. The highest BCUT2D eigenvalue weighted by atomic mass is 16.5. The Hall–Kier alpha value is -0.120. The van der Waals surface area contributed by atoms with Crippen LogP contribution >= 0.6 is 0 Å². The Bertz CT molecular complexity index is 165. The molecule has 1 rings (SSSR count). The van der Waals surface area contributed by atoms with Crippen molar-refractivity contribution in [2.45, 2.75) is 45.1 Å². The van der Waals surface area contributed by atoms with Gasteiger partial charge in [0.25, 0.3) is 0 Å². The molecule has 3 heteroatoms. The lowest BCUT2D eigenvalue weighted by molar-refractivity contribution is 0.0300. The molecule has 1 aliphatic rings. The van der Waals surface area contributed by atoms with Gasteiger partial charge in [-0.1, -0.05) is 13.8 Å². The maximum absolute atomic E-state index is 9.98. The van der Waals surface area contributed by atoms with Gasteiger partial charge in [0.05, 0.1) is 12.2 Å². The van der Waals surface area contributed by atoms with E-state index < -0.39 is 5.60 Å². The van der Waals surface area contributed by atoms with Crippen molar-refractivity contribution in [1.82, 2.24) is 5.32 Å². The third kappa shape index (κ3) is 5.50. The molecule has 3 nitrogen and oxygen atoms in total. The van der Waals surface area contributed by atoms with Crippen LogP contribution in [0.4, 0.5) is 0 Å². The number of ether oxygens (including phenoxy) is 1. The monoisotopic (exact) mass is 215 g/mol. The minimum Gasteiger partial charge on any atom is -0.389 e. The smallest absolute Gasteiger partial charge is 0.0766 e. The molecule has 0 aromatic rings. The molecule has 2 N–H and O–H groups in total. The van der Waals surface area contributed by atoms with Crippen molar-refractivity contribution in [3.05, 3.63) is 0 Å². The highest BCUT2D eigenvalue weighted by molar-refractivity contribution is 4.77. The first-order chi connectivity index (χ1) is 7.20. The van der Waals surface area contributed by atoms with Gasteiger partial charge in [0.1, 0.15) is 0 Å². The van der Waals surface area contributed by atoms with E-state index in [1.54, 1.807) is 0 Å². The highest BCUT2D eigenvalue weighted by Crippen LogP contribution is 2.28. The van der Waals surface area contributed by atoms with Crippen molar-refractivity contribution >= 4 is 0 Å². The van der Waals surface area contributed by atoms with Crippen molar-refractivity contribution in [2.24, 2.45) is 5.92 Å². The molecule has 1 saturated carbocycles. The molecule has 15 heavy (non-hydrogen) atoms. The summed E-state index contributed by atoms with van der Waals surface area (Å²) in [4.78, 5) is 0. The molecule has 90 valence electrons. The average molecular weight is 215 g/mol. The SMILES string of the molecule is CCC(O)(CC)CNCCOCC1CC1. The Morgan fingerprint density at radius 1 is 1.33 bits per heavy atom. The van der Waals surface area contributed by atoms with Gasteiger partial charge < -0.3 is 15.2 Å². The van der Waals surface area contributed by atoms with Crippen LogP contribution in [0.2, 0.25) is 0 Å². The summed E-state index contributed by atoms with van der Waals surface area (Å²) in [5, 5.41) is 13.2. The molecule has 0 saturated heterocycles. The first kappa shape index (κ1) is 12.9. The molecule has 0 spiro atoms. The minimum absolute atomic E-state index is 0.531. The fourth-order valence-corrected chi connectivity index (χ4v) is 1.50. The van der Waals surface area contributed by atoms with Crippen LogP contribution in [-0.4, -0.2) is 37.0 Å². The van der Waals surface area contributed by atoms with E-state index in [0.717, 1.165) is 38.5 Å². The summed E-state index contributed by atoms with van der Waals surface area (Å²) < 4.78 is 5.50. The predicted octanol–water partition coefficient (Wildman–Crippen LogP) is 1.55. The number of rotatable bonds is 9. The quantitative estimate of drug-likeness (QED) is 0.573. The minimum atomic E-state index is -0.531. The number of hydrogen-bond acceptors (Lipinski definition) is 3. The van der Waals surface area contributed by atoms with Gasteiger partial charge in [0, 0.05) is 19.7 Å². The molecule has 0 atom stereocenters. The summed E-state index contributed by atoms with van der Waals surface area (Å²) in [5.74, 6) is 0.841. The lowest BCUT2D eigenvalue weighted by Crippen LogP contribution is -2.40. The molecule has 1 aliphatic carbocycles. The summed E-state index contributed by atoms with van der Waals surface area (Å²) in [6, 6.07) is 0. The zero-order chi connectivity index (χ0) is 11.1. The molecular formula is C12H25NO2. The van der Waals surface area contributed by atoms with Crippen LogP contribution in [0, 0.1) is 5.92 Å². The average Bonchev–Trinajstić information content (AvgIpc) is 3.06. The molecule has 0 aromatic carbocycles. The zero-order valence-corrected chi connectivity index (χ0v) is 10.1. The van der Waals surface area contributed by atoms with Gasteiger partial charge in [-0.15, -0.1) is 0 Å². The van der Waals surface area contributed by atoms with Gasteiger partial charge in [-0.3, -0.25) is 0 Å². The Balaban J connectivity index is 1.90. The Labute approximate surface area is 93.2 Å². The Morgan fingerprint density at radius 2 is 2.00 bits per heavy atom. The van der Waals surface area contributed by atoms with E-state index in [1.807, 2.05) is 13.8 Å². The third-order valence-electron chi connectivity index (χ3n) is 3.24. The summed E-state index contributed by atoms with van der Waals surface area (Å²) in [5.41, 5.74) is -0.531. The summed E-state index contributed by atoms with van der Waals surface area (Å²) in [6.45, 7) is 7.25. The van der Waals surface area contributed by atoms with Crippen LogP contribution in [0.15, 0.2) is 0 Å². The fraction of sp³-hybridized carbons (Fsp3) is 1.00. The van der Waals surface area contributed by atoms with Crippen LogP contribution in [0.5, 0.6) is 0 Å². The molecule has 0 heterocycles. The molecule has 0 amide bonds. The van der Waals surface area contributed by atoms with Crippen LogP contribution < -0.4 is 5.32 Å². The van der Waals surface area contributed by atoms with Gasteiger partial charge in [0.15, 0.2) is 0 Å². The van der Waals surface area contributed by atoms with Crippen LogP contribution in [0.3, 0.4) is 0 Å². The normalized spacial score (nSPS) is 17.0. The first-order valence-electron chi connectivity index (χ1n) is 6.21. The van der Waals surface area contributed by atoms with Crippen LogP contribution in [-0.2, 0) is 4.74 Å². The molecule has 0 unspecified atom stereocenters. The lowest BCUT2D eigenvalue weighted by atomic mass is 9.98. The predicted molar refractivity (Wildman–Crippen MR) is 61.9 cm³/mol. The molecule has 0 radical (unpaired) electrons. The van der Waals surface area contributed by atoms with E-state index in [-0.39, 0.29) is 0 Å². The van der Waals surface area contributed by atoms with Gasteiger partial charge in [-0.25, -0.2) is 0 Å². The number of aliphatic hydroxyl groups is 1. The van der Waals surface area contributed by atoms with Crippen molar-refractivity contribution in [1.29, 1.82) is 0 Å². The summed E-state index contributed by atoms with van der Waals surface area (Å²) in [6.07, 6.45) is 4.30.